The summed E-state index contributed by atoms with van der Waals surface area (Å²) in [5.74, 6) is 0. The number of nitrogens with one attached hydrogen (secondary N) is 2. The van der Waals surface area contributed by atoms with Gasteiger partial charge in [-0.05, 0) is 37.1 Å². The number of H-pyrrole nitrogens is 1. The first-order valence-electron chi connectivity index (χ1n) is 7.82. The van der Waals surface area contributed by atoms with Gasteiger partial charge in [0.1, 0.15) is 0 Å². The van der Waals surface area contributed by atoms with Gasteiger partial charge < -0.3 is 10.3 Å². The average molecular weight is 291 g/mol. The van der Waals surface area contributed by atoms with Crippen molar-refractivity contribution in [2.45, 2.75) is 57.5 Å². The van der Waals surface area contributed by atoms with Gasteiger partial charge in [-0.3, -0.25) is 0 Å². The maximum atomic E-state index is 6.03. The van der Waals surface area contributed by atoms with E-state index >= 15 is 0 Å². The quantitative estimate of drug-likeness (QED) is 0.816. The van der Waals surface area contributed by atoms with Crippen molar-refractivity contribution < 1.29 is 0 Å². The number of aromatic nitrogens is 1. The molecule has 1 aliphatic carbocycles. The molecule has 2 N–H and O–H groups in total. The van der Waals surface area contributed by atoms with Crippen LogP contribution in [-0.2, 0) is 6.54 Å². The molecule has 1 saturated carbocycles. The molecule has 0 atom stereocenters. The number of halogens is 1. The monoisotopic (exact) mass is 290 g/mol. The predicted octanol–water partition coefficient (Wildman–Crippen LogP) is 5.02. The highest BCUT2D eigenvalue weighted by atomic mass is 35.5. The van der Waals surface area contributed by atoms with E-state index in [9.17, 15) is 0 Å². The Kier molecular flexibility index (Phi) is 4.64. The molecule has 1 aromatic carbocycles. The summed E-state index contributed by atoms with van der Waals surface area (Å²) < 4.78 is 0. The molecule has 0 radical (unpaired) electrons. The molecule has 20 heavy (non-hydrogen) atoms. The van der Waals surface area contributed by atoms with Crippen molar-refractivity contribution in [2.24, 2.45) is 0 Å². The van der Waals surface area contributed by atoms with Crippen molar-refractivity contribution in [1.82, 2.24) is 10.3 Å². The first kappa shape index (κ1) is 14.0. The van der Waals surface area contributed by atoms with Crippen molar-refractivity contribution in [1.29, 1.82) is 0 Å². The predicted molar refractivity (Wildman–Crippen MR) is 86.3 cm³/mol. The average Bonchev–Trinajstić information content (AvgIpc) is 2.79. The van der Waals surface area contributed by atoms with Gasteiger partial charge in [0, 0.05) is 34.2 Å². The van der Waals surface area contributed by atoms with E-state index in [1.165, 1.54) is 61.5 Å². The van der Waals surface area contributed by atoms with E-state index in [1.807, 2.05) is 12.1 Å². The van der Waals surface area contributed by atoms with Gasteiger partial charge in [-0.25, -0.2) is 0 Å². The van der Waals surface area contributed by atoms with Gasteiger partial charge in [0.15, 0.2) is 0 Å². The van der Waals surface area contributed by atoms with Crippen molar-refractivity contribution >= 4 is 22.5 Å². The molecule has 3 heteroatoms. The van der Waals surface area contributed by atoms with Crippen molar-refractivity contribution in [3.63, 3.8) is 0 Å². The second-order valence-corrected chi connectivity index (χ2v) is 6.39. The minimum atomic E-state index is 0.685. The molecule has 2 aromatic rings. The van der Waals surface area contributed by atoms with Crippen LogP contribution in [0.15, 0.2) is 24.3 Å². The zero-order valence-corrected chi connectivity index (χ0v) is 12.7. The molecule has 0 unspecified atom stereocenters. The van der Waals surface area contributed by atoms with E-state index in [0.717, 1.165) is 11.6 Å². The Labute approximate surface area is 125 Å². The molecule has 0 amide bonds. The van der Waals surface area contributed by atoms with Gasteiger partial charge in [0.25, 0.3) is 0 Å². The summed E-state index contributed by atoms with van der Waals surface area (Å²) in [5, 5.41) is 5.72. The highest BCUT2D eigenvalue weighted by Crippen LogP contribution is 2.21. The van der Waals surface area contributed by atoms with E-state index in [1.54, 1.807) is 0 Å². The van der Waals surface area contributed by atoms with Crippen LogP contribution in [0.3, 0.4) is 0 Å². The normalized spacial score (nSPS) is 18.1. The van der Waals surface area contributed by atoms with Crippen LogP contribution in [0.2, 0.25) is 5.02 Å². The van der Waals surface area contributed by atoms with Crippen LogP contribution in [0, 0.1) is 0 Å². The smallest absolute Gasteiger partial charge is 0.0457 e. The molecule has 1 heterocycles. The maximum absolute atomic E-state index is 6.03. The van der Waals surface area contributed by atoms with Crippen molar-refractivity contribution in [3.05, 3.63) is 35.0 Å². The van der Waals surface area contributed by atoms with Crippen LogP contribution in [0.25, 0.3) is 10.9 Å². The Morgan fingerprint density at radius 2 is 1.80 bits per heavy atom. The number of hydrogen-bond donors (Lipinski definition) is 2. The van der Waals surface area contributed by atoms with Crippen LogP contribution >= 0.6 is 11.6 Å². The first-order valence-corrected chi connectivity index (χ1v) is 8.19. The molecule has 1 aliphatic rings. The third-order valence-corrected chi connectivity index (χ3v) is 4.56. The van der Waals surface area contributed by atoms with Crippen LogP contribution < -0.4 is 5.32 Å². The van der Waals surface area contributed by atoms with E-state index in [-0.39, 0.29) is 0 Å². The standard InChI is InChI=1S/C17H23ClN2/c18-14-8-9-17-13(10-14)11-16(20-17)12-19-15-6-4-2-1-3-5-7-15/h8-11,15,19-20H,1-7,12H2. The lowest BCUT2D eigenvalue weighted by Gasteiger charge is -2.20. The Hall–Kier alpha value is -0.990. The van der Waals surface area contributed by atoms with Crippen LogP contribution in [0.1, 0.15) is 50.6 Å². The summed E-state index contributed by atoms with van der Waals surface area (Å²) in [5.41, 5.74) is 2.42. The molecule has 0 aliphatic heterocycles. The molecule has 3 rings (SSSR count). The van der Waals surface area contributed by atoms with Gasteiger partial charge >= 0.3 is 0 Å². The van der Waals surface area contributed by atoms with Gasteiger partial charge in [-0.2, -0.15) is 0 Å². The fraction of sp³-hybridized carbons (Fsp3) is 0.529. The van der Waals surface area contributed by atoms with E-state index in [0.29, 0.717) is 6.04 Å². The van der Waals surface area contributed by atoms with Gasteiger partial charge in [0.2, 0.25) is 0 Å². The fourth-order valence-corrected chi connectivity index (χ4v) is 3.35. The largest absolute Gasteiger partial charge is 0.357 e. The molecule has 0 saturated heterocycles. The lowest BCUT2D eigenvalue weighted by atomic mass is 9.97. The highest BCUT2D eigenvalue weighted by molar-refractivity contribution is 6.31. The third-order valence-electron chi connectivity index (χ3n) is 4.32. The zero-order chi connectivity index (χ0) is 13.8. The number of fused-ring (bicyclic) bond motifs is 1. The van der Waals surface area contributed by atoms with Crippen molar-refractivity contribution in [3.8, 4) is 0 Å². The minimum Gasteiger partial charge on any atom is -0.357 e. The summed E-state index contributed by atoms with van der Waals surface area (Å²) >= 11 is 6.03. The molecule has 108 valence electrons. The maximum Gasteiger partial charge on any atom is 0.0457 e. The molecular formula is C17H23ClN2. The first-order chi connectivity index (χ1) is 9.81. The number of hydrogen-bond acceptors (Lipinski definition) is 1. The Morgan fingerprint density at radius 1 is 1.05 bits per heavy atom. The van der Waals surface area contributed by atoms with Gasteiger partial charge in [0.05, 0.1) is 0 Å². The van der Waals surface area contributed by atoms with Gasteiger partial charge in [-0.15, -0.1) is 0 Å². The van der Waals surface area contributed by atoms with Gasteiger partial charge in [-0.1, -0.05) is 43.7 Å². The summed E-state index contributed by atoms with van der Waals surface area (Å²) in [6.45, 7) is 0.928. The second-order valence-electron chi connectivity index (χ2n) is 5.95. The Morgan fingerprint density at radius 3 is 2.60 bits per heavy atom. The topological polar surface area (TPSA) is 27.8 Å². The minimum absolute atomic E-state index is 0.685. The molecule has 2 nitrogen and oxygen atoms in total. The summed E-state index contributed by atoms with van der Waals surface area (Å²) in [6.07, 6.45) is 9.64. The summed E-state index contributed by atoms with van der Waals surface area (Å²) in [4.78, 5) is 3.47. The van der Waals surface area contributed by atoms with Crippen molar-refractivity contribution in [2.75, 3.05) is 0 Å². The summed E-state index contributed by atoms with van der Waals surface area (Å²) in [6, 6.07) is 8.90. The van der Waals surface area contributed by atoms with Crippen LogP contribution in [0.4, 0.5) is 0 Å². The molecule has 1 aromatic heterocycles. The number of rotatable bonds is 3. The molecular weight excluding hydrogens is 268 g/mol. The Bertz CT molecular complexity index is 553. The fourth-order valence-electron chi connectivity index (χ4n) is 3.17. The Balaban J connectivity index is 1.60. The van der Waals surface area contributed by atoms with Crippen LogP contribution in [-0.4, -0.2) is 11.0 Å². The highest BCUT2D eigenvalue weighted by Gasteiger charge is 2.11. The van der Waals surface area contributed by atoms with E-state index < -0.39 is 0 Å². The van der Waals surface area contributed by atoms with E-state index in [4.69, 9.17) is 11.6 Å². The third kappa shape index (κ3) is 3.56. The number of benzene rings is 1. The van der Waals surface area contributed by atoms with Crippen LogP contribution in [0.5, 0.6) is 0 Å². The molecule has 0 bridgehead atoms. The zero-order valence-electron chi connectivity index (χ0n) is 11.9. The lowest BCUT2D eigenvalue weighted by molar-refractivity contribution is 0.388. The summed E-state index contributed by atoms with van der Waals surface area (Å²) in [7, 11) is 0. The number of aromatic amines is 1. The van der Waals surface area contributed by atoms with E-state index in [2.05, 4.69) is 22.4 Å². The SMILES string of the molecule is Clc1ccc2[nH]c(CNC3CCCCCCC3)cc2c1. The second kappa shape index (κ2) is 6.64. The molecule has 1 fully saturated rings. The lowest BCUT2D eigenvalue weighted by Crippen LogP contribution is -2.29. The molecule has 0 spiro atoms.